The molecule has 0 heterocycles. The minimum absolute atomic E-state index is 0.0374. The number of urea groups is 1. The first kappa shape index (κ1) is 15.5. The Morgan fingerprint density at radius 2 is 1.95 bits per heavy atom. The van der Waals surface area contributed by atoms with Crippen LogP contribution in [-0.4, -0.2) is 36.2 Å². The van der Waals surface area contributed by atoms with Gasteiger partial charge >= 0.3 is 12.0 Å². The summed E-state index contributed by atoms with van der Waals surface area (Å²) in [7, 11) is 1.35. The maximum atomic E-state index is 11.8. The Hall–Kier alpha value is -2.57. The van der Waals surface area contributed by atoms with Gasteiger partial charge in [0.2, 0.25) is 0 Å². The van der Waals surface area contributed by atoms with Crippen LogP contribution in [0.25, 0.3) is 0 Å². The van der Waals surface area contributed by atoms with Gasteiger partial charge in [-0.05, 0) is 26.0 Å². The van der Waals surface area contributed by atoms with Gasteiger partial charge in [0.25, 0.3) is 5.91 Å². The molecule has 1 aromatic carbocycles. The van der Waals surface area contributed by atoms with Gasteiger partial charge in [-0.3, -0.25) is 10.1 Å². The third-order valence-corrected chi connectivity index (χ3v) is 2.49. The lowest BCUT2D eigenvalue weighted by Crippen LogP contribution is -2.43. The number of rotatable bonds is 3. The molecule has 1 aromatic rings. The molecular formula is C13H16N2O5. The van der Waals surface area contributed by atoms with Crippen LogP contribution in [0.5, 0.6) is 5.75 Å². The summed E-state index contributed by atoms with van der Waals surface area (Å²) in [6.45, 7) is 3.07. The number of nitrogens with one attached hydrogen (secondary N) is 2. The van der Waals surface area contributed by atoms with Crippen LogP contribution >= 0.6 is 0 Å². The van der Waals surface area contributed by atoms with Gasteiger partial charge in [0.1, 0.15) is 11.3 Å². The average Bonchev–Trinajstić information content (AvgIpc) is 2.40. The second kappa shape index (κ2) is 6.55. The van der Waals surface area contributed by atoms with Crippen molar-refractivity contribution in [2.45, 2.75) is 20.0 Å². The van der Waals surface area contributed by atoms with Crippen molar-refractivity contribution >= 4 is 17.9 Å². The molecule has 0 aliphatic heterocycles. The minimum Gasteiger partial charge on any atom is -0.507 e. The highest BCUT2D eigenvalue weighted by Crippen LogP contribution is 2.19. The largest absolute Gasteiger partial charge is 0.507 e. The molecule has 20 heavy (non-hydrogen) atoms. The zero-order valence-electron chi connectivity index (χ0n) is 11.4. The van der Waals surface area contributed by atoms with Gasteiger partial charge in [0, 0.05) is 7.05 Å². The summed E-state index contributed by atoms with van der Waals surface area (Å²) in [5.74, 6) is -1.84. The number of hydrogen-bond acceptors (Lipinski definition) is 5. The molecule has 0 aliphatic rings. The fraction of sp³-hybridized carbons (Fsp3) is 0.308. The third kappa shape index (κ3) is 3.98. The fourth-order valence-corrected chi connectivity index (χ4v) is 1.37. The van der Waals surface area contributed by atoms with Crippen LogP contribution in [0.3, 0.4) is 0 Å². The summed E-state index contributed by atoms with van der Waals surface area (Å²) in [5.41, 5.74) is 0.724. The van der Waals surface area contributed by atoms with Crippen LogP contribution in [0.2, 0.25) is 0 Å². The molecule has 3 amide bonds. The highest BCUT2D eigenvalue weighted by molar-refractivity contribution is 5.99. The Morgan fingerprint density at radius 1 is 1.30 bits per heavy atom. The molecule has 7 nitrogen and oxygen atoms in total. The number of imide groups is 1. The van der Waals surface area contributed by atoms with E-state index in [-0.39, 0.29) is 11.3 Å². The Labute approximate surface area is 115 Å². The number of ether oxygens (including phenoxy) is 1. The third-order valence-electron chi connectivity index (χ3n) is 2.49. The van der Waals surface area contributed by atoms with E-state index in [1.54, 1.807) is 13.0 Å². The van der Waals surface area contributed by atoms with E-state index in [0.717, 1.165) is 5.56 Å². The molecule has 0 fully saturated rings. The summed E-state index contributed by atoms with van der Waals surface area (Å²) < 4.78 is 4.89. The number of aryl methyl sites for hydroxylation is 1. The number of aromatic hydroxyl groups is 1. The molecule has 7 heteroatoms. The van der Waals surface area contributed by atoms with E-state index < -0.39 is 24.0 Å². The van der Waals surface area contributed by atoms with Crippen LogP contribution < -0.4 is 10.6 Å². The molecule has 3 N–H and O–H groups in total. The molecule has 0 saturated heterocycles. The number of carbonyl (C=O) groups excluding carboxylic acids is 3. The quantitative estimate of drug-likeness (QED) is 0.707. The molecule has 0 bridgehead atoms. The Morgan fingerprint density at radius 3 is 2.55 bits per heavy atom. The van der Waals surface area contributed by atoms with Gasteiger partial charge in [0.05, 0.1) is 0 Å². The Balaban J connectivity index is 2.72. The number of phenolic OH excluding ortho intramolecular Hbond substituents is 1. The topological polar surface area (TPSA) is 105 Å². The lowest BCUT2D eigenvalue weighted by molar-refractivity contribution is -0.127. The first-order chi connectivity index (χ1) is 9.35. The van der Waals surface area contributed by atoms with Crippen LogP contribution in [0.1, 0.15) is 22.8 Å². The number of carbonyl (C=O) groups is 3. The molecule has 0 aliphatic carbocycles. The molecule has 1 rings (SSSR count). The van der Waals surface area contributed by atoms with Crippen LogP contribution in [-0.2, 0) is 9.53 Å². The molecule has 0 saturated carbocycles. The molecular weight excluding hydrogens is 264 g/mol. The van der Waals surface area contributed by atoms with Crippen molar-refractivity contribution in [2.75, 3.05) is 7.05 Å². The Bertz CT molecular complexity index is 542. The second-order valence-corrected chi connectivity index (χ2v) is 4.14. The van der Waals surface area contributed by atoms with Gasteiger partial charge in [-0.2, -0.15) is 0 Å². The maximum Gasteiger partial charge on any atom is 0.342 e. The van der Waals surface area contributed by atoms with Crippen LogP contribution in [0.15, 0.2) is 18.2 Å². The van der Waals surface area contributed by atoms with E-state index in [9.17, 15) is 19.5 Å². The standard InChI is InChI=1S/C13H16N2O5/c1-7-4-5-10(16)9(6-7)12(18)20-8(2)11(17)15-13(19)14-3/h4-6,8,16H,1-3H3,(H2,14,15,17,19)/t8-/m0/s1. The SMILES string of the molecule is CNC(=O)NC(=O)[C@H](C)OC(=O)c1cc(C)ccc1O. The monoisotopic (exact) mass is 280 g/mol. The zero-order chi connectivity index (χ0) is 15.3. The second-order valence-electron chi connectivity index (χ2n) is 4.14. The van der Waals surface area contributed by atoms with Gasteiger partial charge < -0.3 is 15.2 Å². The number of phenols is 1. The summed E-state index contributed by atoms with van der Waals surface area (Å²) in [4.78, 5) is 34.3. The molecule has 0 spiro atoms. The van der Waals surface area contributed by atoms with E-state index in [2.05, 4.69) is 5.32 Å². The van der Waals surface area contributed by atoms with Crippen molar-refractivity contribution in [3.05, 3.63) is 29.3 Å². The van der Waals surface area contributed by atoms with E-state index in [1.807, 2.05) is 5.32 Å². The first-order valence-electron chi connectivity index (χ1n) is 5.88. The van der Waals surface area contributed by atoms with Crippen LogP contribution in [0, 0.1) is 6.92 Å². The molecule has 1 atom stereocenters. The predicted octanol–water partition coefficient (Wildman–Crippen LogP) is 0.702. The summed E-state index contributed by atoms with van der Waals surface area (Å²) in [5, 5.41) is 13.8. The van der Waals surface area contributed by atoms with Crippen molar-refractivity contribution in [3.8, 4) is 5.75 Å². The normalized spacial score (nSPS) is 11.3. The number of esters is 1. The average molecular weight is 280 g/mol. The lowest BCUT2D eigenvalue weighted by Gasteiger charge is -2.13. The van der Waals surface area contributed by atoms with E-state index in [4.69, 9.17) is 4.74 Å². The van der Waals surface area contributed by atoms with E-state index in [1.165, 1.54) is 26.1 Å². The van der Waals surface area contributed by atoms with Gasteiger partial charge in [-0.1, -0.05) is 11.6 Å². The first-order valence-corrected chi connectivity index (χ1v) is 5.88. The summed E-state index contributed by atoms with van der Waals surface area (Å²) in [6, 6.07) is 3.74. The number of amides is 3. The fourth-order valence-electron chi connectivity index (χ4n) is 1.37. The van der Waals surface area contributed by atoms with Crippen molar-refractivity contribution < 1.29 is 24.2 Å². The highest BCUT2D eigenvalue weighted by Gasteiger charge is 2.22. The summed E-state index contributed by atoms with van der Waals surface area (Å²) in [6.07, 6.45) is -1.17. The van der Waals surface area contributed by atoms with E-state index in [0.29, 0.717) is 0 Å². The highest BCUT2D eigenvalue weighted by atomic mass is 16.5. The number of benzene rings is 1. The van der Waals surface area contributed by atoms with Gasteiger partial charge in [-0.15, -0.1) is 0 Å². The Kier molecular flexibility index (Phi) is 5.08. The lowest BCUT2D eigenvalue weighted by atomic mass is 10.1. The van der Waals surface area contributed by atoms with Crippen molar-refractivity contribution in [2.24, 2.45) is 0 Å². The van der Waals surface area contributed by atoms with Gasteiger partial charge in [-0.25, -0.2) is 9.59 Å². The number of hydrogen-bond donors (Lipinski definition) is 3. The minimum atomic E-state index is -1.17. The molecule has 108 valence electrons. The van der Waals surface area contributed by atoms with Crippen molar-refractivity contribution in [3.63, 3.8) is 0 Å². The van der Waals surface area contributed by atoms with Crippen molar-refractivity contribution in [1.82, 2.24) is 10.6 Å². The molecule has 0 radical (unpaired) electrons. The summed E-state index contributed by atoms with van der Waals surface area (Å²) >= 11 is 0. The van der Waals surface area contributed by atoms with E-state index >= 15 is 0 Å². The molecule has 0 aromatic heterocycles. The molecule has 0 unspecified atom stereocenters. The maximum absolute atomic E-state index is 11.8. The van der Waals surface area contributed by atoms with Crippen LogP contribution in [0.4, 0.5) is 4.79 Å². The predicted molar refractivity (Wildman–Crippen MR) is 70.3 cm³/mol. The smallest absolute Gasteiger partial charge is 0.342 e. The van der Waals surface area contributed by atoms with Gasteiger partial charge in [0.15, 0.2) is 6.10 Å². The van der Waals surface area contributed by atoms with Crippen molar-refractivity contribution in [1.29, 1.82) is 0 Å². The zero-order valence-corrected chi connectivity index (χ0v) is 11.4.